The molecule has 0 saturated heterocycles. The van der Waals surface area contributed by atoms with Crippen molar-refractivity contribution in [2.75, 3.05) is 66.4 Å². The van der Waals surface area contributed by atoms with Crippen molar-refractivity contribution in [3.63, 3.8) is 0 Å². The number of ether oxygens (including phenoxy) is 6. The highest BCUT2D eigenvalue weighted by Crippen LogP contribution is 2.50. The Morgan fingerprint density at radius 3 is 0.635 bits per heavy atom. The first-order chi connectivity index (χ1) is 51.2. The van der Waals surface area contributed by atoms with Crippen LogP contribution in [0.15, 0.2) is 291 Å². The molecule has 0 saturated carbocycles. The summed E-state index contributed by atoms with van der Waals surface area (Å²) in [4.78, 5) is 0. The summed E-state index contributed by atoms with van der Waals surface area (Å²) < 4.78 is 34.3. The molecule has 16 aromatic rings. The van der Waals surface area contributed by atoms with Gasteiger partial charge in [-0.05, 0) is 135 Å². The van der Waals surface area contributed by atoms with Gasteiger partial charge in [0.15, 0.2) is 13.6 Å². The summed E-state index contributed by atoms with van der Waals surface area (Å²) in [6, 6.07) is 94.3. The Balaban J connectivity index is 0.000000124. The number of hydrogen-bond donors (Lipinski definition) is 8. The predicted octanol–water partition coefficient (Wildman–Crippen LogP) is 18.5. The van der Waals surface area contributed by atoms with E-state index in [0.717, 1.165) is 125 Å². The molecular formula is C90H76O14. The van der Waals surface area contributed by atoms with Crippen molar-refractivity contribution < 1.29 is 69.3 Å². The van der Waals surface area contributed by atoms with E-state index in [1.807, 2.05) is 249 Å². The third-order valence-corrected chi connectivity index (χ3v) is 18.0. The van der Waals surface area contributed by atoms with Gasteiger partial charge >= 0.3 is 0 Å². The third kappa shape index (κ3) is 15.1. The van der Waals surface area contributed by atoms with Gasteiger partial charge in [0.2, 0.25) is 0 Å². The topological polar surface area (TPSA) is 217 Å². The summed E-state index contributed by atoms with van der Waals surface area (Å²) in [7, 11) is 0. The minimum atomic E-state index is -0.424. The van der Waals surface area contributed by atoms with Crippen LogP contribution in [0.25, 0.3) is 131 Å². The van der Waals surface area contributed by atoms with Crippen LogP contribution < -0.4 is 23.7 Å². The molecule has 0 aromatic heterocycles. The highest BCUT2D eigenvalue weighted by molar-refractivity contribution is 6.14. The Morgan fingerprint density at radius 2 is 0.385 bits per heavy atom. The Hall–Kier alpha value is -12.2. The maximum atomic E-state index is 10.7. The average Bonchev–Trinajstić information content (AvgIpc) is 0.781. The lowest BCUT2D eigenvalue weighted by Crippen LogP contribution is -2.10. The molecule has 0 unspecified atom stereocenters. The van der Waals surface area contributed by atoms with Crippen LogP contribution in [0.1, 0.15) is 0 Å². The van der Waals surface area contributed by atoms with Crippen LogP contribution in [0.4, 0.5) is 0 Å². The normalized spacial score (nSPS) is 11.1. The van der Waals surface area contributed by atoms with E-state index in [0.29, 0.717) is 47.3 Å². The molecule has 104 heavy (non-hydrogen) atoms. The molecule has 0 aliphatic carbocycles. The number of aliphatic hydroxyl groups is 5. The summed E-state index contributed by atoms with van der Waals surface area (Å²) in [5, 5.41) is 94.0. The van der Waals surface area contributed by atoms with Crippen LogP contribution in [0.2, 0.25) is 0 Å². The molecule has 0 atom stereocenters. The maximum absolute atomic E-state index is 10.7. The molecule has 0 spiro atoms. The van der Waals surface area contributed by atoms with E-state index in [4.69, 9.17) is 38.6 Å². The lowest BCUT2D eigenvalue weighted by Gasteiger charge is -2.19. The van der Waals surface area contributed by atoms with Crippen LogP contribution in [0, 0.1) is 0 Å². The molecule has 0 heterocycles. The Labute approximate surface area is 600 Å². The standard InChI is InChI=1S/C26H26O5.C22H18O4.C22H18O3.C20H14O2/c27-13-15-29-17-18-31-24-12-10-20-6-2-4-8-22(20)26(24)25-21-7-3-1-5-19(21)9-11-23(25)30-16-14-28;23-13-25-19-11-9-15-5-1-3-7-17(15)21(19)22-18-8-4-2-6-16(18)10-12-20(22)26-14-24;23-13-14-25-20-12-10-16-6-2-4-8-18(16)22(20)21-17-7-3-1-5-15(17)9-11-19(21)24;21-17-11-9-13-5-1-3-7-15(13)19(17)20-16-8-4-2-6-14(16)10-12-18(20)22/h1-12,27-28H,13-18H2;1-12,23-24H,13-14H2;1-12,23-24H,13-14H2;1-12,21-22H. The van der Waals surface area contributed by atoms with Crippen molar-refractivity contribution >= 4 is 86.2 Å². The van der Waals surface area contributed by atoms with Crippen molar-refractivity contribution in [2.24, 2.45) is 0 Å². The smallest absolute Gasteiger partial charge is 0.186 e. The summed E-state index contributed by atoms with van der Waals surface area (Å²) >= 11 is 0. The first-order valence-electron chi connectivity index (χ1n) is 34.2. The van der Waals surface area contributed by atoms with Gasteiger partial charge in [-0.2, -0.15) is 0 Å². The van der Waals surface area contributed by atoms with Crippen molar-refractivity contribution in [3.8, 4) is 90.5 Å². The number of rotatable bonds is 20. The second-order valence-electron chi connectivity index (χ2n) is 24.2. The second kappa shape index (κ2) is 33.5. The Kier molecular flexibility index (Phi) is 22.6. The van der Waals surface area contributed by atoms with Gasteiger partial charge in [0, 0.05) is 44.5 Å². The zero-order chi connectivity index (χ0) is 71.7. The zero-order valence-corrected chi connectivity index (χ0v) is 56.8. The van der Waals surface area contributed by atoms with Crippen LogP contribution >= 0.6 is 0 Å². The van der Waals surface area contributed by atoms with Gasteiger partial charge in [0.1, 0.15) is 65.8 Å². The van der Waals surface area contributed by atoms with Gasteiger partial charge in [0.25, 0.3) is 0 Å². The average molecular weight is 1380 g/mol. The van der Waals surface area contributed by atoms with Gasteiger partial charge in [-0.1, -0.05) is 243 Å². The van der Waals surface area contributed by atoms with Crippen molar-refractivity contribution in [3.05, 3.63) is 291 Å². The lowest BCUT2D eigenvalue weighted by atomic mass is 9.92. The number of hydrogen-bond acceptors (Lipinski definition) is 14. The number of aliphatic hydroxyl groups excluding tert-OH is 5. The first-order valence-corrected chi connectivity index (χ1v) is 34.2. The van der Waals surface area contributed by atoms with E-state index < -0.39 is 13.6 Å². The van der Waals surface area contributed by atoms with E-state index >= 15 is 0 Å². The number of benzene rings is 16. The molecule has 14 nitrogen and oxygen atoms in total. The van der Waals surface area contributed by atoms with Gasteiger partial charge in [-0.15, -0.1) is 0 Å². The third-order valence-electron chi connectivity index (χ3n) is 18.0. The number of phenols is 3. The van der Waals surface area contributed by atoms with Crippen LogP contribution in [0.5, 0.6) is 46.0 Å². The molecule has 0 aliphatic heterocycles. The number of fused-ring (bicyclic) bond motifs is 8. The predicted molar refractivity (Wildman–Crippen MR) is 417 cm³/mol. The highest BCUT2D eigenvalue weighted by Gasteiger charge is 2.23. The molecule has 0 bridgehead atoms. The molecule has 8 N–H and O–H groups in total. The molecule has 16 rings (SSSR count). The van der Waals surface area contributed by atoms with Crippen LogP contribution in [-0.4, -0.2) is 107 Å². The Morgan fingerprint density at radius 1 is 0.183 bits per heavy atom. The fourth-order valence-corrected chi connectivity index (χ4v) is 13.5. The molecule has 0 fully saturated rings. The van der Waals surface area contributed by atoms with E-state index in [1.54, 1.807) is 18.2 Å². The van der Waals surface area contributed by atoms with Crippen LogP contribution in [-0.2, 0) is 4.74 Å². The summed E-state index contributed by atoms with van der Waals surface area (Å²) in [6.07, 6.45) is 0. The monoisotopic (exact) mass is 1380 g/mol. The minimum absolute atomic E-state index is 0.0111. The molecular weight excluding hydrogens is 1300 g/mol. The van der Waals surface area contributed by atoms with E-state index in [9.17, 15) is 30.6 Å². The molecule has 0 radical (unpaired) electrons. The van der Waals surface area contributed by atoms with Gasteiger partial charge < -0.3 is 69.3 Å². The van der Waals surface area contributed by atoms with E-state index in [2.05, 4.69) is 24.3 Å². The van der Waals surface area contributed by atoms with E-state index in [-0.39, 0.29) is 56.9 Å². The second-order valence-corrected chi connectivity index (χ2v) is 24.2. The van der Waals surface area contributed by atoms with Crippen LogP contribution in [0.3, 0.4) is 0 Å². The van der Waals surface area contributed by atoms with Crippen molar-refractivity contribution in [1.82, 2.24) is 0 Å². The fraction of sp³-hybridized carbons (Fsp3) is 0.111. The molecule has 520 valence electrons. The van der Waals surface area contributed by atoms with Gasteiger partial charge in [-0.25, -0.2) is 0 Å². The molecule has 14 heteroatoms. The largest absolute Gasteiger partial charge is 0.507 e. The van der Waals surface area contributed by atoms with Crippen molar-refractivity contribution in [2.45, 2.75) is 0 Å². The SMILES string of the molecule is OCCOCCOc1ccc2ccccc2c1-c1c(OCCO)ccc2ccccc12.OCCOc1ccc2ccccc2c1-c1c(O)ccc2ccccc12.OCOc1ccc2ccccc2c1-c1c(OCO)ccc2ccccc12.Oc1ccc2ccccc2c1-c1c(O)ccc2ccccc12. The summed E-state index contributed by atoms with van der Waals surface area (Å²) in [6.45, 7) is 0.469. The molecule has 16 aromatic carbocycles. The summed E-state index contributed by atoms with van der Waals surface area (Å²) in [5.74, 6) is 3.76. The highest BCUT2D eigenvalue weighted by atomic mass is 16.6. The van der Waals surface area contributed by atoms with Gasteiger partial charge in [-0.3, -0.25) is 0 Å². The molecule has 0 amide bonds. The van der Waals surface area contributed by atoms with Gasteiger partial charge in [0.05, 0.1) is 33.0 Å². The number of phenolic OH excluding ortho intramolecular Hbond substituents is 3. The van der Waals surface area contributed by atoms with Crippen molar-refractivity contribution in [1.29, 1.82) is 0 Å². The Bertz CT molecular complexity index is 5510. The van der Waals surface area contributed by atoms with E-state index in [1.165, 1.54) is 0 Å². The molecule has 0 aliphatic rings. The first kappa shape index (κ1) is 70.2. The minimum Gasteiger partial charge on any atom is -0.507 e. The maximum Gasteiger partial charge on any atom is 0.186 e. The zero-order valence-electron chi connectivity index (χ0n) is 56.8. The summed E-state index contributed by atoms with van der Waals surface area (Å²) in [5.41, 5.74) is 6.50. The lowest BCUT2D eigenvalue weighted by molar-refractivity contribution is 0.0706. The fourth-order valence-electron chi connectivity index (χ4n) is 13.5. The quantitative estimate of drug-likeness (QED) is 0.0263. The number of aromatic hydroxyl groups is 3.